The van der Waals surface area contributed by atoms with Crippen molar-refractivity contribution in [3.63, 3.8) is 0 Å². The lowest BCUT2D eigenvalue weighted by atomic mass is 10.1. The summed E-state index contributed by atoms with van der Waals surface area (Å²) in [5.41, 5.74) is 8.05. The van der Waals surface area contributed by atoms with Crippen LogP contribution in [0.15, 0.2) is 42.5 Å². The maximum atomic E-state index is 12.1. The summed E-state index contributed by atoms with van der Waals surface area (Å²) in [4.78, 5) is 16.4. The van der Waals surface area contributed by atoms with Crippen molar-refractivity contribution in [1.82, 2.24) is 10.3 Å². The van der Waals surface area contributed by atoms with Crippen LogP contribution in [-0.4, -0.2) is 30.1 Å². The van der Waals surface area contributed by atoms with Gasteiger partial charge in [-0.2, -0.15) is 0 Å². The van der Waals surface area contributed by atoms with Crippen LogP contribution in [0.5, 0.6) is 0 Å². The first-order valence-corrected chi connectivity index (χ1v) is 7.45. The molecule has 3 N–H and O–H groups in total. The number of carbonyl (C=O) groups is 1. The Morgan fingerprint density at radius 1 is 1.27 bits per heavy atom. The van der Waals surface area contributed by atoms with Crippen LogP contribution >= 0.6 is 0 Å². The predicted molar refractivity (Wildman–Crippen MR) is 85.4 cm³/mol. The maximum absolute atomic E-state index is 12.1. The van der Waals surface area contributed by atoms with Gasteiger partial charge >= 0.3 is 0 Å². The number of aromatic nitrogens is 1. The van der Waals surface area contributed by atoms with Crippen LogP contribution in [0.25, 0.3) is 11.3 Å². The summed E-state index contributed by atoms with van der Waals surface area (Å²) < 4.78 is 5.49. The molecule has 0 bridgehead atoms. The minimum absolute atomic E-state index is 0.0809. The zero-order chi connectivity index (χ0) is 15.4. The Morgan fingerprint density at radius 2 is 2.09 bits per heavy atom. The molecular formula is C17H19N3O2. The smallest absolute Gasteiger partial charge is 0.251 e. The van der Waals surface area contributed by atoms with Gasteiger partial charge < -0.3 is 15.8 Å². The molecule has 1 aromatic carbocycles. The lowest BCUT2D eigenvalue weighted by Crippen LogP contribution is -2.31. The van der Waals surface area contributed by atoms with Gasteiger partial charge in [-0.1, -0.05) is 18.2 Å². The molecule has 0 aliphatic carbocycles. The van der Waals surface area contributed by atoms with Gasteiger partial charge in [-0.05, 0) is 37.1 Å². The van der Waals surface area contributed by atoms with Gasteiger partial charge in [0.05, 0.1) is 11.8 Å². The van der Waals surface area contributed by atoms with Gasteiger partial charge in [0, 0.05) is 24.3 Å². The van der Waals surface area contributed by atoms with Gasteiger partial charge in [0.15, 0.2) is 0 Å². The highest BCUT2D eigenvalue weighted by Crippen LogP contribution is 2.18. The highest BCUT2D eigenvalue weighted by Gasteiger charge is 2.16. The Morgan fingerprint density at radius 3 is 2.77 bits per heavy atom. The minimum atomic E-state index is -0.0809. The number of nitrogen functional groups attached to an aromatic ring is 1. The highest BCUT2D eigenvalue weighted by molar-refractivity contribution is 5.94. The summed E-state index contributed by atoms with van der Waals surface area (Å²) in [5, 5.41) is 2.91. The van der Waals surface area contributed by atoms with Crippen molar-refractivity contribution in [3.8, 4) is 11.3 Å². The summed E-state index contributed by atoms with van der Waals surface area (Å²) in [7, 11) is 0. The van der Waals surface area contributed by atoms with E-state index in [0.717, 1.165) is 30.7 Å². The van der Waals surface area contributed by atoms with E-state index in [1.807, 2.05) is 24.3 Å². The molecule has 22 heavy (non-hydrogen) atoms. The Kier molecular flexibility index (Phi) is 4.34. The van der Waals surface area contributed by atoms with Crippen LogP contribution in [0.3, 0.4) is 0 Å². The molecule has 0 saturated carbocycles. The number of anilines is 1. The standard InChI is InChI=1S/C17H19N3O2/c18-16-5-1-4-15(20-16)12-6-8-13(9-7-12)17(21)19-11-14-3-2-10-22-14/h1,4-9,14H,2-3,10-11H2,(H2,18,20)(H,19,21). The van der Waals surface area contributed by atoms with Crippen molar-refractivity contribution in [2.75, 3.05) is 18.9 Å². The normalized spacial score (nSPS) is 17.4. The SMILES string of the molecule is Nc1cccc(-c2ccc(C(=O)NCC3CCCO3)cc2)n1. The van der Waals surface area contributed by atoms with Gasteiger partial charge in [-0.3, -0.25) is 4.79 Å². The Bertz CT molecular complexity index is 649. The Balaban J connectivity index is 1.64. The first-order valence-electron chi connectivity index (χ1n) is 7.45. The number of nitrogens with one attached hydrogen (secondary N) is 1. The molecule has 1 amide bonds. The number of hydrogen-bond donors (Lipinski definition) is 2. The fourth-order valence-electron chi connectivity index (χ4n) is 2.52. The number of nitrogens with two attached hydrogens (primary N) is 1. The predicted octanol–water partition coefficient (Wildman–Crippen LogP) is 2.24. The third-order valence-corrected chi connectivity index (χ3v) is 3.73. The highest BCUT2D eigenvalue weighted by atomic mass is 16.5. The summed E-state index contributed by atoms with van der Waals surface area (Å²) in [6, 6.07) is 12.8. The molecule has 2 aromatic rings. The molecule has 1 aliphatic heterocycles. The van der Waals surface area contributed by atoms with E-state index in [-0.39, 0.29) is 12.0 Å². The number of amides is 1. The summed E-state index contributed by atoms with van der Waals surface area (Å²) >= 11 is 0. The van der Waals surface area contributed by atoms with Gasteiger partial charge in [-0.15, -0.1) is 0 Å². The zero-order valence-corrected chi connectivity index (χ0v) is 12.3. The first-order chi connectivity index (χ1) is 10.7. The molecular weight excluding hydrogens is 278 g/mol. The van der Waals surface area contributed by atoms with Gasteiger partial charge in [0.1, 0.15) is 5.82 Å². The molecule has 1 unspecified atom stereocenters. The van der Waals surface area contributed by atoms with E-state index >= 15 is 0 Å². The largest absolute Gasteiger partial charge is 0.384 e. The van der Waals surface area contributed by atoms with E-state index in [0.29, 0.717) is 17.9 Å². The Hall–Kier alpha value is -2.40. The molecule has 1 saturated heterocycles. The van der Waals surface area contributed by atoms with Gasteiger partial charge in [0.2, 0.25) is 0 Å². The fourth-order valence-corrected chi connectivity index (χ4v) is 2.52. The van der Waals surface area contributed by atoms with Crippen LogP contribution in [0.2, 0.25) is 0 Å². The number of hydrogen-bond acceptors (Lipinski definition) is 4. The van der Waals surface area contributed by atoms with E-state index in [2.05, 4.69) is 10.3 Å². The van der Waals surface area contributed by atoms with Crippen LogP contribution in [0.4, 0.5) is 5.82 Å². The van der Waals surface area contributed by atoms with Crippen molar-refractivity contribution >= 4 is 11.7 Å². The van der Waals surface area contributed by atoms with Crippen molar-refractivity contribution in [2.24, 2.45) is 0 Å². The number of pyridine rings is 1. The summed E-state index contributed by atoms with van der Waals surface area (Å²) in [6.07, 6.45) is 2.24. The Labute approximate surface area is 129 Å². The van der Waals surface area contributed by atoms with E-state index in [9.17, 15) is 4.79 Å². The molecule has 5 nitrogen and oxygen atoms in total. The number of ether oxygens (including phenoxy) is 1. The monoisotopic (exact) mass is 297 g/mol. The molecule has 114 valence electrons. The molecule has 1 fully saturated rings. The fraction of sp³-hybridized carbons (Fsp3) is 0.294. The molecule has 1 atom stereocenters. The second kappa shape index (κ2) is 6.58. The minimum Gasteiger partial charge on any atom is -0.384 e. The zero-order valence-electron chi connectivity index (χ0n) is 12.3. The second-order valence-corrected chi connectivity index (χ2v) is 5.37. The third-order valence-electron chi connectivity index (χ3n) is 3.73. The average molecular weight is 297 g/mol. The average Bonchev–Trinajstić information content (AvgIpc) is 3.06. The van der Waals surface area contributed by atoms with Crippen LogP contribution in [-0.2, 0) is 4.74 Å². The van der Waals surface area contributed by atoms with E-state index in [4.69, 9.17) is 10.5 Å². The molecule has 0 spiro atoms. The van der Waals surface area contributed by atoms with Gasteiger partial charge in [0.25, 0.3) is 5.91 Å². The van der Waals surface area contributed by atoms with Crippen LogP contribution < -0.4 is 11.1 Å². The van der Waals surface area contributed by atoms with Crippen molar-refractivity contribution in [2.45, 2.75) is 18.9 Å². The van der Waals surface area contributed by atoms with E-state index in [1.54, 1.807) is 18.2 Å². The number of rotatable bonds is 4. The lowest BCUT2D eigenvalue weighted by Gasteiger charge is -2.11. The second-order valence-electron chi connectivity index (χ2n) is 5.37. The van der Waals surface area contributed by atoms with Crippen molar-refractivity contribution in [3.05, 3.63) is 48.0 Å². The summed E-state index contributed by atoms with van der Waals surface area (Å²) in [5.74, 6) is 0.401. The van der Waals surface area contributed by atoms with E-state index < -0.39 is 0 Å². The molecule has 1 aromatic heterocycles. The van der Waals surface area contributed by atoms with Gasteiger partial charge in [-0.25, -0.2) is 4.98 Å². The molecule has 3 rings (SSSR count). The quantitative estimate of drug-likeness (QED) is 0.907. The third kappa shape index (κ3) is 3.43. The molecule has 5 heteroatoms. The first kappa shape index (κ1) is 14.5. The van der Waals surface area contributed by atoms with Crippen LogP contribution in [0.1, 0.15) is 23.2 Å². The van der Waals surface area contributed by atoms with Crippen molar-refractivity contribution < 1.29 is 9.53 Å². The van der Waals surface area contributed by atoms with E-state index in [1.165, 1.54) is 0 Å². The molecule has 0 radical (unpaired) electrons. The van der Waals surface area contributed by atoms with Crippen molar-refractivity contribution in [1.29, 1.82) is 0 Å². The topological polar surface area (TPSA) is 77.2 Å². The molecule has 2 heterocycles. The molecule has 1 aliphatic rings. The maximum Gasteiger partial charge on any atom is 0.251 e. The summed E-state index contributed by atoms with van der Waals surface area (Å²) in [6.45, 7) is 1.36. The van der Waals surface area contributed by atoms with Crippen LogP contribution in [0, 0.1) is 0 Å². The lowest BCUT2D eigenvalue weighted by molar-refractivity contribution is 0.0858. The number of carbonyl (C=O) groups excluding carboxylic acids is 1. The number of benzene rings is 1. The number of nitrogens with zero attached hydrogens (tertiary/aromatic N) is 1.